The van der Waals surface area contributed by atoms with Crippen molar-refractivity contribution in [3.05, 3.63) is 29.8 Å². The zero-order valence-electron chi connectivity index (χ0n) is 12.6. The molecule has 1 unspecified atom stereocenters. The monoisotopic (exact) mass is 293 g/mol. The van der Waals surface area contributed by atoms with Crippen LogP contribution < -0.4 is 10.1 Å². The van der Waals surface area contributed by atoms with Crippen LogP contribution in [0.15, 0.2) is 24.3 Å². The first-order valence-electron chi connectivity index (χ1n) is 7.35. The Bertz CT molecular complexity index is 470. The summed E-state index contributed by atoms with van der Waals surface area (Å²) in [7, 11) is 1.77. The molecule has 0 radical (unpaired) electrons. The quantitative estimate of drug-likeness (QED) is 0.711. The van der Waals surface area contributed by atoms with E-state index < -0.39 is 5.54 Å². The minimum Gasteiger partial charge on any atom is -0.491 e. The van der Waals surface area contributed by atoms with Crippen molar-refractivity contribution < 1.29 is 19.4 Å². The summed E-state index contributed by atoms with van der Waals surface area (Å²) in [6, 6.07) is 7.20. The van der Waals surface area contributed by atoms with E-state index in [2.05, 4.69) is 5.32 Å². The molecule has 1 aliphatic rings. The molecular weight excluding hydrogens is 270 g/mol. The molecule has 0 aliphatic heterocycles. The van der Waals surface area contributed by atoms with Gasteiger partial charge in [-0.1, -0.05) is 12.1 Å². The fourth-order valence-corrected chi connectivity index (χ4v) is 2.45. The fourth-order valence-electron chi connectivity index (χ4n) is 2.45. The Morgan fingerprint density at radius 2 is 2.05 bits per heavy atom. The van der Waals surface area contributed by atoms with Crippen LogP contribution in [0.2, 0.25) is 0 Å². The molecule has 1 saturated carbocycles. The normalized spacial score (nSPS) is 17.1. The topological polar surface area (TPSA) is 67.8 Å². The lowest BCUT2D eigenvalue weighted by Crippen LogP contribution is -2.57. The third kappa shape index (κ3) is 3.54. The van der Waals surface area contributed by atoms with E-state index in [1.54, 1.807) is 38.2 Å². The first-order valence-corrected chi connectivity index (χ1v) is 7.35. The summed E-state index contributed by atoms with van der Waals surface area (Å²) in [6.07, 6.45) is 2.01. The summed E-state index contributed by atoms with van der Waals surface area (Å²) in [5.41, 5.74) is 0.0564. The highest BCUT2D eigenvalue weighted by molar-refractivity contribution is 5.82. The van der Waals surface area contributed by atoms with E-state index in [4.69, 9.17) is 14.6 Å². The number of aliphatic hydroxyl groups is 1. The number of aliphatic hydroxyl groups excluding tert-OH is 1. The molecule has 116 valence electrons. The van der Waals surface area contributed by atoms with Crippen LogP contribution in [0, 0.1) is 5.92 Å². The van der Waals surface area contributed by atoms with E-state index in [1.807, 2.05) is 0 Å². The van der Waals surface area contributed by atoms with Crippen LogP contribution in [-0.4, -0.2) is 36.9 Å². The van der Waals surface area contributed by atoms with Gasteiger partial charge in [0, 0.05) is 0 Å². The Labute approximate surface area is 125 Å². The molecule has 5 heteroatoms. The second-order valence-electron chi connectivity index (χ2n) is 5.31. The Hall–Kier alpha value is -1.59. The molecule has 0 bridgehead atoms. The zero-order chi connectivity index (χ0) is 15.3. The van der Waals surface area contributed by atoms with Crippen molar-refractivity contribution in [2.45, 2.75) is 31.9 Å². The Morgan fingerprint density at radius 3 is 2.52 bits per heavy atom. The van der Waals surface area contributed by atoms with Crippen LogP contribution in [0.5, 0.6) is 5.75 Å². The van der Waals surface area contributed by atoms with Crippen LogP contribution >= 0.6 is 0 Å². The van der Waals surface area contributed by atoms with Gasteiger partial charge in [-0.15, -0.1) is 0 Å². The average Bonchev–Trinajstić information content (AvgIpc) is 3.34. The molecule has 0 saturated heterocycles. The van der Waals surface area contributed by atoms with Crippen molar-refractivity contribution in [3.63, 3.8) is 0 Å². The van der Waals surface area contributed by atoms with Gasteiger partial charge in [-0.05, 0) is 50.4 Å². The molecule has 1 aromatic rings. The van der Waals surface area contributed by atoms with Crippen molar-refractivity contribution in [2.75, 3.05) is 20.3 Å². The number of hydrogen-bond donors (Lipinski definition) is 2. The molecule has 1 fully saturated rings. The largest absolute Gasteiger partial charge is 0.491 e. The lowest BCUT2D eigenvalue weighted by Gasteiger charge is -2.31. The third-order valence-corrected chi connectivity index (χ3v) is 3.93. The predicted molar refractivity (Wildman–Crippen MR) is 79.0 cm³/mol. The summed E-state index contributed by atoms with van der Waals surface area (Å²) in [5.74, 6) is 0.692. The number of ether oxygens (including phenoxy) is 2. The van der Waals surface area contributed by atoms with Crippen LogP contribution in [-0.2, 0) is 16.1 Å². The number of benzene rings is 1. The number of nitrogens with one attached hydrogen (secondary N) is 1. The number of esters is 1. The highest BCUT2D eigenvalue weighted by atomic mass is 16.5. The van der Waals surface area contributed by atoms with Gasteiger partial charge >= 0.3 is 5.97 Å². The van der Waals surface area contributed by atoms with E-state index >= 15 is 0 Å². The number of rotatable bonds is 8. The molecule has 0 heterocycles. The SMILES string of the molecule is CCOC(=O)C(COc1ccc(CO)cc1)(NC)C1CC1. The van der Waals surface area contributed by atoms with Crippen molar-refractivity contribution in [1.29, 1.82) is 0 Å². The van der Waals surface area contributed by atoms with Gasteiger partial charge in [0.05, 0.1) is 13.2 Å². The number of hydrogen-bond acceptors (Lipinski definition) is 5. The van der Waals surface area contributed by atoms with Crippen molar-refractivity contribution in [1.82, 2.24) is 5.32 Å². The lowest BCUT2D eigenvalue weighted by atomic mass is 9.94. The molecule has 0 amide bonds. The summed E-state index contributed by atoms with van der Waals surface area (Å²) in [5, 5.41) is 12.1. The summed E-state index contributed by atoms with van der Waals surface area (Å²) < 4.78 is 11.0. The smallest absolute Gasteiger partial charge is 0.330 e. The van der Waals surface area contributed by atoms with Gasteiger partial charge in [-0.3, -0.25) is 0 Å². The maximum atomic E-state index is 12.3. The molecule has 0 aromatic heterocycles. The molecule has 2 N–H and O–H groups in total. The summed E-state index contributed by atoms with van der Waals surface area (Å²) in [4.78, 5) is 12.3. The third-order valence-electron chi connectivity index (χ3n) is 3.93. The predicted octanol–water partition coefficient (Wildman–Crippen LogP) is 1.49. The van der Waals surface area contributed by atoms with E-state index in [0.717, 1.165) is 18.4 Å². The van der Waals surface area contributed by atoms with E-state index in [0.29, 0.717) is 12.4 Å². The molecule has 1 aliphatic carbocycles. The first kappa shape index (κ1) is 15.8. The van der Waals surface area contributed by atoms with Gasteiger partial charge in [0.25, 0.3) is 0 Å². The second kappa shape index (κ2) is 6.91. The van der Waals surface area contributed by atoms with Crippen molar-refractivity contribution >= 4 is 5.97 Å². The van der Waals surface area contributed by atoms with E-state index in [1.165, 1.54) is 0 Å². The maximum Gasteiger partial charge on any atom is 0.330 e. The molecule has 1 aromatic carbocycles. The lowest BCUT2D eigenvalue weighted by molar-refractivity contribution is -0.153. The van der Waals surface area contributed by atoms with Crippen molar-refractivity contribution in [2.24, 2.45) is 5.92 Å². The Morgan fingerprint density at radius 1 is 1.38 bits per heavy atom. The minimum absolute atomic E-state index is 0.00559. The fraction of sp³-hybridized carbons (Fsp3) is 0.562. The Kier molecular flexibility index (Phi) is 5.20. The average molecular weight is 293 g/mol. The van der Waals surface area contributed by atoms with Gasteiger partial charge in [-0.25, -0.2) is 4.79 Å². The van der Waals surface area contributed by atoms with Crippen LogP contribution in [0.1, 0.15) is 25.3 Å². The first-order chi connectivity index (χ1) is 10.2. The maximum absolute atomic E-state index is 12.3. The van der Waals surface area contributed by atoms with Gasteiger partial charge in [0.2, 0.25) is 0 Å². The van der Waals surface area contributed by atoms with Gasteiger partial charge in [-0.2, -0.15) is 0 Å². The molecule has 1 atom stereocenters. The van der Waals surface area contributed by atoms with Gasteiger partial charge in [0.1, 0.15) is 12.4 Å². The van der Waals surface area contributed by atoms with E-state index in [-0.39, 0.29) is 25.1 Å². The molecule has 21 heavy (non-hydrogen) atoms. The standard InChI is InChI=1S/C16H23NO4/c1-3-20-15(19)16(17-2,13-6-7-13)11-21-14-8-4-12(10-18)5-9-14/h4-5,8-9,13,17-18H,3,6-7,10-11H2,1-2H3. The highest BCUT2D eigenvalue weighted by Crippen LogP contribution is 2.40. The molecule has 0 spiro atoms. The molecule has 2 rings (SSSR count). The zero-order valence-corrected chi connectivity index (χ0v) is 12.6. The second-order valence-corrected chi connectivity index (χ2v) is 5.31. The molecule has 5 nitrogen and oxygen atoms in total. The van der Waals surface area contributed by atoms with Gasteiger partial charge in [0.15, 0.2) is 5.54 Å². The Balaban J connectivity index is 2.06. The van der Waals surface area contributed by atoms with Crippen LogP contribution in [0.4, 0.5) is 0 Å². The van der Waals surface area contributed by atoms with Gasteiger partial charge < -0.3 is 19.9 Å². The highest BCUT2D eigenvalue weighted by Gasteiger charge is 2.52. The van der Waals surface area contributed by atoms with Crippen molar-refractivity contribution in [3.8, 4) is 5.75 Å². The van der Waals surface area contributed by atoms with Crippen LogP contribution in [0.3, 0.4) is 0 Å². The summed E-state index contributed by atoms with van der Waals surface area (Å²) in [6.45, 7) is 2.41. The minimum atomic E-state index is -0.772. The summed E-state index contributed by atoms with van der Waals surface area (Å²) >= 11 is 0. The number of likely N-dealkylation sites (N-methyl/N-ethyl adjacent to an activating group) is 1. The van der Waals surface area contributed by atoms with Crippen LogP contribution in [0.25, 0.3) is 0 Å². The molecular formula is C16H23NO4. The number of carbonyl (C=O) groups is 1. The number of carbonyl (C=O) groups excluding carboxylic acids is 1. The van der Waals surface area contributed by atoms with E-state index in [9.17, 15) is 4.79 Å².